The molecular weight excluding hydrogens is 273 g/mol. The number of hydrogen-bond donors (Lipinski definition) is 2. The summed E-state index contributed by atoms with van der Waals surface area (Å²) in [5, 5.41) is 12.5. The number of aromatic nitrogens is 2. The molecule has 1 saturated heterocycles. The van der Waals surface area contributed by atoms with Gasteiger partial charge in [0.2, 0.25) is 0 Å². The van der Waals surface area contributed by atoms with E-state index in [9.17, 15) is 19.1 Å². The first kappa shape index (κ1) is 14.3. The number of hydrogen-bond acceptors (Lipinski definition) is 5. The van der Waals surface area contributed by atoms with Gasteiger partial charge in [0, 0.05) is 23.6 Å². The van der Waals surface area contributed by atoms with Crippen molar-refractivity contribution in [1.82, 2.24) is 9.55 Å². The van der Waals surface area contributed by atoms with Crippen LogP contribution in [0.15, 0.2) is 27.0 Å². The molecule has 2 rings (SSSR count). The van der Waals surface area contributed by atoms with Crippen molar-refractivity contribution in [3.05, 3.63) is 43.5 Å². The third kappa shape index (κ3) is 2.31. The third-order valence-corrected chi connectivity index (χ3v) is 3.05. The van der Waals surface area contributed by atoms with Crippen LogP contribution in [0.3, 0.4) is 0 Å². The van der Waals surface area contributed by atoms with Crippen molar-refractivity contribution in [3.8, 4) is 0 Å². The minimum Gasteiger partial charge on any atom is -0.393 e. The van der Waals surface area contributed by atoms with Crippen LogP contribution in [0, 0.1) is 0 Å². The van der Waals surface area contributed by atoms with Crippen LogP contribution in [0.5, 0.6) is 0 Å². The lowest BCUT2D eigenvalue weighted by Crippen LogP contribution is -2.38. The summed E-state index contributed by atoms with van der Waals surface area (Å²) in [6, 6.07) is 1.04. The number of nitrogens with zero attached hydrogens (tertiary/aromatic N) is 4. The fourth-order valence-corrected chi connectivity index (χ4v) is 2.22. The summed E-state index contributed by atoms with van der Waals surface area (Å²) in [6.45, 7) is 0.421. The minimum absolute atomic E-state index is 0.420. The number of halogens is 1. The Labute approximate surface area is 111 Å². The molecule has 1 aromatic heterocycles. The number of H-pyrrole nitrogens is 1. The van der Waals surface area contributed by atoms with E-state index in [1.54, 1.807) is 0 Å². The van der Waals surface area contributed by atoms with E-state index in [0.29, 0.717) is 0 Å². The third-order valence-electron chi connectivity index (χ3n) is 3.05. The van der Waals surface area contributed by atoms with Crippen LogP contribution in [-0.4, -0.2) is 32.7 Å². The molecule has 0 bridgehead atoms. The van der Waals surface area contributed by atoms with Gasteiger partial charge in [-0.3, -0.25) is 14.3 Å². The fourth-order valence-electron chi connectivity index (χ4n) is 2.22. The molecule has 0 unspecified atom stereocenters. The minimum atomic E-state index is -2.07. The lowest BCUT2D eigenvalue weighted by atomic mass is 9.99. The number of aliphatic hydroxyl groups excluding tert-OH is 1. The Hall–Kier alpha value is -2.16. The van der Waals surface area contributed by atoms with Gasteiger partial charge in [0.25, 0.3) is 5.56 Å². The zero-order chi connectivity index (χ0) is 15.0. The molecule has 1 aliphatic rings. The fraction of sp³-hybridized carbons (Fsp3) is 0.600. The van der Waals surface area contributed by atoms with E-state index in [4.69, 9.17) is 10.3 Å². The monoisotopic (exact) mass is 285 g/mol. The number of aromatic amines is 1. The highest BCUT2D eigenvalue weighted by Gasteiger charge is 2.55. The average molecular weight is 285 g/mol. The van der Waals surface area contributed by atoms with Gasteiger partial charge in [0.05, 0.1) is 6.61 Å². The summed E-state index contributed by atoms with van der Waals surface area (Å²) in [4.78, 5) is 27.2. The highest BCUT2D eigenvalue weighted by atomic mass is 19.1. The molecule has 20 heavy (non-hydrogen) atoms. The van der Waals surface area contributed by atoms with Crippen molar-refractivity contribution in [1.29, 1.82) is 0 Å². The normalized spacial score (nSPS) is 32.9. The van der Waals surface area contributed by atoms with Gasteiger partial charge in [0.15, 0.2) is 17.6 Å². The van der Waals surface area contributed by atoms with Crippen LogP contribution in [0.2, 0.25) is 0 Å². The Morgan fingerprint density at radius 1 is 1.75 bits per heavy atom. The summed E-state index contributed by atoms with van der Waals surface area (Å²) in [6.07, 6.45) is -0.770. The molecule has 0 aliphatic carbocycles. The number of nitrogens with one attached hydrogen (secondary N) is 1. The second kappa shape index (κ2) is 4.75. The van der Waals surface area contributed by atoms with E-state index in [1.807, 2.05) is 4.98 Å². The summed E-state index contributed by atoms with van der Waals surface area (Å²) in [5.41, 5.74) is 3.13. The Kier molecular flexibility index (Phi) is 3.38. The molecule has 10 heteroatoms. The van der Waals surface area contributed by atoms with Crippen LogP contribution < -0.4 is 11.2 Å². The largest absolute Gasteiger partial charge is 0.393 e. The van der Waals surface area contributed by atoms with Crippen molar-refractivity contribution in [2.45, 2.75) is 31.0 Å². The Morgan fingerprint density at radius 3 is 3.00 bits per heavy atom. The summed E-state index contributed by atoms with van der Waals surface area (Å²) >= 11 is 0. The molecule has 3 atom stereocenters. The predicted octanol–water partition coefficient (Wildman–Crippen LogP) is 0.183. The lowest BCUT2D eigenvalue weighted by Gasteiger charge is -2.23. The maximum Gasteiger partial charge on any atom is 0.330 e. The molecule has 0 aromatic carbocycles. The zero-order valence-electron chi connectivity index (χ0n) is 10.5. The average Bonchev–Trinajstić information content (AvgIpc) is 2.62. The van der Waals surface area contributed by atoms with Gasteiger partial charge in [-0.15, -0.1) is 0 Å². The number of alkyl halides is 1. The molecule has 1 fully saturated rings. The SMILES string of the molecule is C[C@@]1(F)C[C@](CO)(N=[N+]=[N-])O[C@H]1n1ccc(=O)[nH]c1=O. The van der Waals surface area contributed by atoms with Crippen LogP contribution in [-0.2, 0) is 4.74 Å². The highest BCUT2D eigenvalue weighted by molar-refractivity contribution is 5.00. The van der Waals surface area contributed by atoms with Crippen LogP contribution in [0.1, 0.15) is 19.6 Å². The topological polar surface area (TPSA) is 133 Å². The Bertz CT molecular complexity index is 677. The van der Waals surface area contributed by atoms with Gasteiger partial charge in [-0.1, -0.05) is 5.11 Å². The van der Waals surface area contributed by atoms with Gasteiger partial charge in [-0.05, 0) is 12.5 Å². The zero-order valence-corrected chi connectivity index (χ0v) is 10.5. The molecule has 0 radical (unpaired) electrons. The first-order valence-electron chi connectivity index (χ1n) is 5.69. The smallest absolute Gasteiger partial charge is 0.330 e. The Balaban J connectivity index is 2.49. The van der Waals surface area contributed by atoms with Crippen LogP contribution in [0.25, 0.3) is 10.4 Å². The highest BCUT2D eigenvalue weighted by Crippen LogP contribution is 2.46. The van der Waals surface area contributed by atoms with Gasteiger partial charge in [0.1, 0.15) is 0 Å². The van der Waals surface area contributed by atoms with Crippen molar-refractivity contribution >= 4 is 0 Å². The molecule has 1 aromatic rings. The first-order chi connectivity index (χ1) is 9.33. The van der Waals surface area contributed by atoms with Crippen LogP contribution >= 0.6 is 0 Å². The maximum absolute atomic E-state index is 14.6. The van der Waals surface area contributed by atoms with E-state index in [0.717, 1.165) is 23.8 Å². The number of azide groups is 1. The number of ether oxygens (including phenoxy) is 1. The molecule has 2 N–H and O–H groups in total. The maximum atomic E-state index is 14.6. The standard InChI is InChI=1S/C10H12FN5O4/c1-9(11)4-10(5-17,14-15-12)20-7(9)16-3-2-6(18)13-8(16)19/h2-3,7,17H,4-5H2,1H3,(H,13,18,19)/t7-,9-,10+/m1/s1. The van der Waals surface area contributed by atoms with E-state index in [-0.39, 0.29) is 0 Å². The molecule has 0 saturated carbocycles. The number of rotatable bonds is 3. The molecule has 0 spiro atoms. The molecule has 1 aliphatic heterocycles. The predicted molar refractivity (Wildman–Crippen MR) is 64.5 cm³/mol. The van der Waals surface area contributed by atoms with Gasteiger partial charge < -0.3 is 9.84 Å². The van der Waals surface area contributed by atoms with Crippen molar-refractivity contribution < 1.29 is 14.2 Å². The molecule has 2 heterocycles. The second-order valence-electron chi connectivity index (χ2n) is 4.74. The van der Waals surface area contributed by atoms with Crippen molar-refractivity contribution in [2.75, 3.05) is 6.61 Å². The van der Waals surface area contributed by atoms with E-state index >= 15 is 0 Å². The second-order valence-corrected chi connectivity index (χ2v) is 4.74. The van der Waals surface area contributed by atoms with Gasteiger partial charge in [-0.2, -0.15) is 0 Å². The van der Waals surface area contributed by atoms with E-state index in [1.165, 1.54) is 0 Å². The van der Waals surface area contributed by atoms with Gasteiger partial charge >= 0.3 is 5.69 Å². The quantitative estimate of drug-likeness (QED) is 0.465. The first-order valence-corrected chi connectivity index (χ1v) is 5.69. The van der Waals surface area contributed by atoms with E-state index in [2.05, 4.69) is 10.0 Å². The molecular formula is C10H12FN5O4. The Morgan fingerprint density at radius 2 is 2.45 bits per heavy atom. The molecule has 9 nitrogen and oxygen atoms in total. The summed E-state index contributed by atoms with van der Waals surface area (Å²) in [7, 11) is 0. The summed E-state index contributed by atoms with van der Waals surface area (Å²) < 4.78 is 20.7. The van der Waals surface area contributed by atoms with Crippen molar-refractivity contribution in [3.63, 3.8) is 0 Å². The van der Waals surface area contributed by atoms with Gasteiger partial charge in [-0.25, -0.2) is 9.18 Å². The summed E-state index contributed by atoms with van der Waals surface area (Å²) in [5.74, 6) is 0. The molecule has 0 amide bonds. The number of aliphatic hydroxyl groups is 1. The van der Waals surface area contributed by atoms with Crippen LogP contribution in [0.4, 0.5) is 4.39 Å². The lowest BCUT2D eigenvalue weighted by molar-refractivity contribution is -0.111. The van der Waals surface area contributed by atoms with Crippen molar-refractivity contribution in [2.24, 2.45) is 5.11 Å². The van der Waals surface area contributed by atoms with E-state index < -0.39 is 41.9 Å². The molecule has 108 valence electrons.